The number of hydrogen-bond acceptors (Lipinski definition) is 6. The van der Waals surface area contributed by atoms with Gasteiger partial charge in [0.2, 0.25) is 0 Å². The number of allylic oxidation sites excluding steroid dienone is 14. The topological polar surface area (TPSA) is 78.9 Å². The van der Waals surface area contributed by atoms with E-state index in [1.54, 1.807) is 0 Å². The maximum absolute atomic E-state index is 12.9. The number of carbonyl (C=O) groups excluding carboxylic acids is 3. The van der Waals surface area contributed by atoms with Gasteiger partial charge in [0, 0.05) is 19.3 Å². The van der Waals surface area contributed by atoms with Crippen LogP contribution < -0.4 is 0 Å². The summed E-state index contributed by atoms with van der Waals surface area (Å²) in [7, 11) is 0. The zero-order valence-electron chi connectivity index (χ0n) is 49.6. The molecule has 0 aromatic rings. The predicted molar refractivity (Wildman–Crippen MR) is 325 cm³/mol. The highest BCUT2D eigenvalue weighted by Gasteiger charge is 2.19. The Morgan fingerprint density at radius 2 is 0.520 bits per heavy atom. The van der Waals surface area contributed by atoms with Gasteiger partial charge in [-0.3, -0.25) is 14.4 Å². The van der Waals surface area contributed by atoms with Crippen molar-refractivity contribution in [2.24, 2.45) is 0 Å². The molecule has 0 radical (unpaired) electrons. The molecule has 0 aliphatic carbocycles. The van der Waals surface area contributed by atoms with E-state index in [1.807, 2.05) is 0 Å². The summed E-state index contributed by atoms with van der Waals surface area (Å²) >= 11 is 0. The van der Waals surface area contributed by atoms with Gasteiger partial charge in [-0.2, -0.15) is 0 Å². The number of rotatable bonds is 58. The van der Waals surface area contributed by atoms with Crippen molar-refractivity contribution in [3.05, 3.63) is 85.1 Å². The van der Waals surface area contributed by atoms with E-state index in [4.69, 9.17) is 14.2 Å². The van der Waals surface area contributed by atoms with E-state index in [0.717, 1.165) is 109 Å². The average Bonchev–Trinajstić information content (AvgIpc) is 3.41. The fraction of sp³-hybridized carbons (Fsp3) is 0.754. The van der Waals surface area contributed by atoms with Crippen LogP contribution in [0.25, 0.3) is 0 Å². The fourth-order valence-corrected chi connectivity index (χ4v) is 9.09. The van der Waals surface area contributed by atoms with Gasteiger partial charge in [-0.05, 0) is 96.3 Å². The summed E-state index contributed by atoms with van der Waals surface area (Å²) in [5.74, 6) is -0.885. The van der Waals surface area contributed by atoms with Crippen molar-refractivity contribution in [1.29, 1.82) is 0 Å². The number of carbonyl (C=O) groups is 3. The average molecular weight is 1050 g/mol. The Labute approximate surface area is 465 Å². The lowest BCUT2D eigenvalue weighted by atomic mass is 10.0. The Morgan fingerprint density at radius 3 is 0.840 bits per heavy atom. The molecule has 1 atom stereocenters. The second kappa shape index (κ2) is 63.1. The molecule has 75 heavy (non-hydrogen) atoms. The number of ether oxygens (including phenoxy) is 3. The van der Waals surface area contributed by atoms with Crippen molar-refractivity contribution in [1.82, 2.24) is 0 Å². The smallest absolute Gasteiger partial charge is 0.306 e. The minimum Gasteiger partial charge on any atom is -0.462 e. The largest absolute Gasteiger partial charge is 0.462 e. The molecule has 6 nitrogen and oxygen atoms in total. The first-order chi connectivity index (χ1) is 37.0. The molecule has 0 spiro atoms. The third kappa shape index (κ3) is 61.3. The first-order valence-electron chi connectivity index (χ1n) is 32.1. The molecular weight excluding hydrogens is 925 g/mol. The quantitative estimate of drug-likeness (QED) is 0.0261. The molecule has 0 aromatic heterocycles. The van der Waals surface area contributed by atoms with Crippen LogP contribution in [0.15, 0.2) is 85.1 Å². The SMILES string of the molecule is CC/C=C\C/C=C\C/C=C\C/C=C\C/C=C\CCCCCCCCCC(=O)OCC(COC(=O)CCCCCCCCCCCCCCCCCCC)OC(=O)CCCCCCCCC/C=C\C/C=C\CCCCC. The second-order valence-corrected chi connectivity index (χ2v) is 21.3. The number of hydrogen-bond donors (Lipinski definition) is 0. The summed E-state index contributed by atoms with van der Waals surface area (Å²) in [5, 5.41) is 0. The maximum atomic E-state index is 12.9. The summed E-state index contributed by atoms with van der Waals surface area (Å²) in [6.45, 7) is 6.53. The van der Waals surface area contributed by atoms with Crippen LogP contribution in [0.4, 0.5) is 0 Å². The highest BCUT2D eigenvalue weighted by atomic mass is 16.6. The van der Waals surface area contributed by atoms with Gasteiger partial charge in [-0.25, -0.2) is 0 Å². The van der Waals surface area contributed by atoms with E-state index in [1.165, 1.54) is 167 Å². The molecule has 0 heterocycles. The minimum absolute atomic E-state index is 0.0805. The monoisotopic (exact) mass is 1040 g/mol. The van der Waals surface area contributed by atoms with E-state index < -0.39 is 6.10 Å². The van der Waals surface area contributed by atoms with Crippen LogP contribution >= 0.6 is 0 Å². The summed E-state index contributed by atoms with van der Waals surface area (Å²) < 4.78 is 16.9. The molecule has 0 saturated heterocycles. The Balaban J connectivity index is 4.38. The number of unbranched alkanes of at least 4 members (excludes halogenated alkanes) is 33. The number of esters is 3. The summed E-state index contributed by atoms with van der Waals surface area (Å²) in [6.07, 6.45) is 82.9. The Bertz CT molecular complexity index is 1430. The zero-order chi connectivity index (χ0) is 54.3. The van der Waals surface area contributed by atoms with Gasteiger partial charge in [0.1, 0.15) is 13.2 Å². The third-order valence-electron chi connectivity index (χ3n) is 13.9. The standard InChI is InChI=1S/C69H120O6/c1-4-7-10-13-16-19-22-25-28-31-32-33-34-35-36-39-41-44-47-50-53-56-59-62-68(71)74-65-66(75-69(72)63-60-57-54-51-48-45-42-38-30-27-24-21-18-15-12-9-6-3)64-73-67(70)61-58-55-52-49-46-43-40-37-29-26-23-20-17-14-11-8-5-2/h7,10,16,18-19,21,25,27-28,30,32-33,35-36,66H,4-6,8-9,11-15,17,20,22-24,26,29,31,34,37-65H2,1-3H3/b10-7-,19-16-,21-18-,28-25-,30-27-,33-32-,36-35-. The summed E-state index contributed by atoms with van der Waals surface area (Å²) in [6, 6.07) is 0. The van der Waals surface area contributed by atoms with Crippen molar-refractivity contribution in [3.8, 4) is 0 Å². The van der Waals surface area contributed by atoms with Crippen LogP contribution in [0.1, 0.15) is 316 Å². The van der Waals surface area contributed by atoms with Crippen LogP contribution in [-0.2, 0) is 28.6 Å². The van der Waals surface area contributed by atoms with Crippen LogP contribution in [0.5, 0.6) is 0 Å². The zero-order valence-corrected chi connectivity index (χ0v) is 49.6. The molecule has 6 heteroatoms. The van der Waals surface area contributed by atoms with E-state index >= 15 is 0 Å². The summed E-state index contributed by atoms with van der Waals surface area (Å²) in [5.41, 5.74) is 0. The summed E-state index contributed by atoms with van der Waals surface area (Å²) in [4.78, 5) is 38.3. The lowest BCUT2D eigenvalue weighted by Gasteiger charge is -2.18. The molecule has 0 fully saturated rings. The van der Waals surface area contributed by atoms with Gasteiger partial charge >= 0.3 is 17.9 Å². The Hall–Kier alpha value is -3.41. The molecule has 0 rings (SSSR count). The van der Waals surface area contributed by atoms with Crippen molar-refractivity contribution in [3.63, 3.8) is 0 Å². The lowest BCUT2D eigenvalue weighted by Crippen LogP contribution is -2.30. The predicted octanol–water partition coefficient (Wildman–Crippen LogP) is 21.9. The van der Waals surface area contributed by atoms with Gasteiger partial charge in [0.15, 0.2) is 6.10 Å². The Kier molecular flexibility index (Phi) is 60.3. The van der Waals surface area contributed by atoms with E-state index in [9.17, 15) is 14.4 Å². The van der Waals surface area contributed by atoms with Crippen molar-refractivity contribution < 1.29 is 28.6 Å². The van der Waals surface area contributed by atoms with Crippen LogP contribution in [0.3, 0.4) is 0 Å². The fourth-order valence-electron chi connectivity index (χ4n) is 9.09. The van der Waals surface area contributed by atoms with E-state index in [2.05, 4.69) is 106 Å². The normalized spacial score (nSPS) is 12.6. The van der Waals surface area contributed by atoms with Crippen LogP contribution in [0.2, 0.25) is 0 Å². The molecule has 0 aromatic carbocycles. The molecule has 0 bridgehead atoms. The highest BCUT2D eigenvalue weighted by Crippen LogP contribution is 2.17. The lowest BCUT2D eigenvalue weighted by molar-refractivity contribution is -0.167. The van der Waals surface area contributed by atoms with Gasteiger partial charge in [0.05, 0.1) is 0 Å². The molecule has 0 aliphatic rings. The molecule has 0 N–H and O–H groups in total. The second-order valence-electron chi connectivity index (χ2n) is 21.3. The van der Waals surface area contributed by atoms with Gasteiger partial charge in [-0.1, -0.05) is 286 Å². The molecule has 0 amide bonds. The van der Waals surface area contributed by atoms with Crippen molar-refractivity contribution >= 4 is 17.9 Å². The van der Waals surface area contributed by atoms with Crippen LogP contribution in [0, 0.1) is 0 Å². The Morgan fingerprint density at radius 1 is 0.280 bits per heavy atom. The van der Waals surface area contributed by atoms with E-state index in [-0.39, 0.29) is 31.1 Å². The maximum Gasteiger partial charge on any atom is 0.306 e. The molecule has 0 aliphatic heterocycles. The third-order valence-corrected chi connectivity index (χ3v) is 13.9. The van der Waals surface area contributed by atoms with Gasteiger partial charge in [-0.15, -0.1) is 0 Å². The van der Waals surface area contributed by atoms with Crippen LogP contribution in [-0.4, -0.2) is 37.2 Å². The highest BCUT2D eigenvalue weighted by molar-refractivity contribution is 5.71. The first kappa shape index (κ1) is 71.6. The molecule has 1 unspecified atom stereocenters. The van der Waals surface area contributed by atoms with E-state index in [0.29, 0.717) is 19.3 Å². The molecule has 432 valence electrons. The molecule has 0 saturated carbocycles. The van der Waals surface area contributed by atoms with Gasteiger partial charge < -0.3 is 14.2 Å². The first-order valence-corrected chi connectivity index (χ1v) is 32.1. The van der Waals surface area contributed by atoms with Crippen molar-refractivity contribution in [2.45, 2.75) is 322 Å². The van der Waals surface area contributed by atoms with Crippen molar-refractivity contribution in [2.75, 3.05) is 13.2 Å². The minimum atomic E-state index is -0.786. The molecular formula is C69H120O6. The van der Waals surface area contributed by atoms with Gasteiger partial charge in [0.25, 0.3) is 0 Å².